The average Bonchev–Trinajstić information content (AvgIpc) is 3.11. The molecule has 0 radical (unpaired) electrons. The summed E-state index contributed by atoms with van der Waals surface area (Å²) in [4.78, 5) is 27.5. The van der Waals surface area contributed by atoms with Crippen LogP contribution in [-0.2, 0) is 24.0 Å². The number of amides is 1. The molecule has 0 aliphatic heterocycles. The summed E-state index contributed by atoms with van der Waals surface area (Å²) in [6, 6.07) is 13.2. The lowest BCUT2D eigenvalue weighted by atomic mass is 9.95. The van der Waals surface area contributed by atoms with E-state index in [1.165, 1.54) is 36.6 Å². The van der Waals surface area contributed by atoms with Gasteiger partial charge in [-0.05, 0) is 73.6 Å². The minimum absolute atomic E-state index is 0.0566. The van der Waals surface area contributed by atoms with Crippen LogP contribution in [0.3, 0.4) is 0 Å². The van der Waals surface area contributed by atoms with Gasteiger partial charge in [-0.1, -0.05) is 12.1 Å². The van der Waals surface area contributed by atoms with Crippen LogP contribution in [0.25, 0.3) is 10.9 Å². The van der Waals surface area contributed by atoms with E-state index in [1.54, 1.807) is 12.1 Å². The standard InChI is InChI=1S/C23H24N2O3/c1-28-23(27)16-8-6-15(7-9-16)12-13-24-22(26)17-10-11-21-19(14-17)18-4-2-3-5-20(18)25-21/h6-11,14,25H,2-5,12-13H2,1H3,(H,24,26). The van der Waals surface area contributed by atoms with E-state index in [2.05, 4.69) is 10.3 Å². The molecule has 2 N–H and O–H groups in total. The quantitative estimate of drug-likeness (QED) is 0.665. The number of ether oxygens (including phenoxy) is 1. The zero-order chi connectivity index (χ0) is 19.5. The number of H-pyrrole nitrogens is 1. The summed E-state index contributed by atoms with van der Waals surface area (Å²) < 4.78 is 4.70. The minimum atomic E-state index is -0.345. The summed E-state index contributed by atoms with van der Waals surface area (Å²) in [5.74, 6) is -0.402. The summed E-state index contributed by atoms with van der Waals surface area (Å²) in [5.41, 5.74) is 6.10. The Balaban J connectivity index is 1.39. The van der Waals surface area contributed by atoms with Gasteiger partial charge in [0.2, 0.25) is 0 Å². The van der Waals surface area contributed by atoms with E-state index in [1.807, 2.05) is 30.3 Å². The lowest BCUT2D eigenvalue weighted by molar-refractivity contribution is 0.0600. The van der Waals surface area contributed by atoms with Crippen molar-refractivity contribution in [1.29, 1.82) is 0 Å². The van der Waals surface area contributed by atoms with Crippen molar-refractivity contribution in [3.05, 3.63) is 70.4 Å². The number of fused-ring (bicyclic) bond motifs is 3. The molecule has 1 aliphatic rings. The highest BCUT2D eigenvalue weighted by Gasteiger charge is 2.16. The van der Waals surface area contributed by atoms with Gasteiger partial charge in [0.15, 0.2) is 0 Å². The fourth-order valence-corrected chi connectivity index (χ4v) is 3.90. The van der Waals surface area contributed by atoms with Gasteiger partial charge in [-0.15, -0.1) is 0 Å². The molecule has 0 fully saturated rings. The van der Waals surface area contributed by atoms with Gasteiger partial charge in [-0.25, -0.2) is 4.79 Å². The first-order valence-electron chi connectivity index (χ1n) is 9.74. The van der Waals surface area contributed by atoms with Crippen LogP contribution in [0.4, 0.5) is 0 Å². The monoisotopic (exact) mass is 376 g/mol. The summed E-state index contributed by atoms with van der Waals surface area (Å²) in [6.07, 6.45) is 5.33. The molecule has 5 nitrogen and oxygen atoms in total. The van der Waals surface area contributed by atoms with E-state index < -0.39 is 0 Å². The number of carbonyl (C=O) groups excluding carboxylic acids is 2. The molecule has 0 bridgehead atoms. The van der Waals surface area contributed by atoms with E-state index in [0.29, 0.717) is 24.1 Å². The van der Waals surface area contributed by atoms with Crippen LogP contribution < -0.4 is 5.32 Å². The van der Waals surface area contributed by atoms with Crippen molar-refractivity contribution in [3.63, 3.8) is 0 Å². The van der Waals surface area contributed by atoms with Crippen molar-refractivity contribution in [2.75, 3.05) is 13.7 Å². The van der Waals surface area contributed by atoms with Gasteiger partial charge in [0, 0.05) is 28.7 Å². The maximum atomic E-state index is 12.6. The third-order valence-corrected chi connectivity index (χ3v) is 5.43. The molecule has 2 aromatic carbocycles. The highest BCUT2D eigenvalue weighted by molar-refractivity contribution is 5.99. The van der Waals surface area contributed by atoms with Crippen LogP contribution in [0.2, 0.25) is 0 Å². The SMILES string of the molecule is COC(=O)c1ccc(CCNC(=O)c2ccc3[nH]c4c(c3c2)CCCC4)cc1. The third kappa shape index (κ3) is 3.65. The topological polar surface area (TPSA) is 71.2 Å². The molecular formula is C23H24N2O3. The average molecular weight is 376 g/mol. The maximum absolute atomic E-state index is 12.6. The Bertz CT molecular complexity index is 1020. The van der Waals surface area contributed by atoms with Crippen LogP contribution in [0.1, 0.15) is 50.4 Å². The summed E-state index contributed by atoms with van der Waals surface area (Å²) in [5, 5.41) is 4.17. The first kappa shape index (κ1) is 18.3. The Kier molecular flexibility index (Phi) is 5.15. The van der Waals surface area contributed by atoms with Gasteiger partial charge in [0.1, 0.15) is 0 Å². The van der Waals surface area contributed by atoms with Crippen molar-refractivity contribution in [2.45, 2.75) is 32.1 Å². The molecule has 0 atom stereocenters. The van der Waals surface area contributed by atoms with E-state index in [9.17, 15) is 9.59 Å². The Labute approximate surface area is 164 Å². The number of carbonyl (C=O) groups is 2. The molecule has 1 aromatic heterocycles. The Morgan fingerprint density at radius 3 is 2.57 bits per heavy atom. The molecule has 1 amide bonds. The van der Waals surface area contributed by atoms with Gasteiger partial charge in [0.05, 0.1) is 12.7 Å². The van der Waals surface area contributed by atoms with Gasteiger partial charge in [-0.2, -0.15) is 0 Å². The molecule has 0 saturated carbocycles. The first-order chi connectivity index (χ1) is 13.7. The van der Waals surface area contributed by atoms with Crippen LogP contribution in [-0.4, -0.2) is 30.5 Å². The zero-order valence-electron chi connectivity index (χ0n) is 16.0. The lowest BCUT2D eigenvalue weighted by Gasteiger charge is -2.10. The fraction of sp³-hybridized carbons (Fsp3) is 0.304. The number of methoxy groups -OCH3 is 1. The summed E-state index contributed by atoms with van der Waals surface area (Å²) in [6.45, 7) is 0.541. The molecular weight excluding hydrogens is 352 g/mol. The van der Waals surface area contributed by atoms with E-state index in [-0.39, 0.29) is 11.9 Å². The van der Waals surface area contributed by atoms with Crippen molar-refractivity contribution < 1.29 is 14.3 Å². The molecule has 5 heteroatoms. The first-order valence-corrected chi connectivity index (χ1v) is 9.74. The second kappa shape index (κ2) is 7.89. The van der Waals surface area contributed by atoms with E-state index >= 15 is 0 Å². The van der Waals surface area contributed by atoms with Crippen molar-refractivity contribution in [2.24, 2.45) is 0 Å². The van der Waals surface area contributed by atoms with E-state index in [4.69, 9.17) is 4.74 Å². The molecule has 0 spiro atoms. The molecule has 0 saturated heterocycles. The molecule has 0 unspecified atom stereocenters. The minimum Gasteiger partial charge on any atom is -0.465 e. The predicted molar refractivity (Wildman–Crippen MR) is 109 cm³/mol. The number of nitrogens with one attached hydrogen (secondary N) is 2. The Hall–Kier alpha value is -3.08. The normalized spacial score (nSPS) is 13.2. The number of rotatable bonds is 5. The maximum Gasteiger partial charge on any atom is 0.337 e. The highest BCUT2D eigenvalue weighted by Crippen LogP contribution is 2.29. The molecule has 1 heterocycles. The molecule has 28 heavy (non-hydrogen) atoms. The fourth-order valence-electron chi connectivity index (χ4n) is 3.90. The number of hydrogen-bond donors (Lipinski definition) is 2. The smallest absolute Gasteiger partial charge is 0.337 e. The zero-order valence-corrected chi connectivity index (χ0v) is 16.0. The molecule has 3 aromatic rings. The Morgan fingerprint density at radius 1 is 1.04 bits per heavy atom. The third-order valence-electron chi connectivity index (χ3n) is 5.43. The number of aromatic amines is 1. The van der Waals surface area contributed by atoms with Gasteiger partial charge < -0.3 is 15.0 Å². The number of benzene rings is 2. The predicted octanol–water partition coefficient (Wildman–Crippen LogP) is 3.81. The Morgan fingerprint density at radius 2 is 1.79 bits per heavy atom. The lowest BCUT2D eigenvalue weighted by Crippen LogP contribution is -2.25. The number of aromatic nitrogens is 1. The van der Waals surface area contributed by atoms with Gasteiger partial charge in [-0.3, -0.25) is 4.79 Å². The van der Waals surface area contributed by atoms with Gasteiger partial charge >= 0.3 is 5.97 Å². The van der Waals surface area contributed by atoms with Gasteiger partial charge in [0.25, 0.3) is 5.91 Å². The summed E-state index contributed by atoms with van der Waals surface area (Å²) in [7, 11) is 1.37. The van der Waals surface area contributed by atoms with Crippen LogP contribution in [0.15, 0.2) is 42.5 Å². The highest BCUT2D eigenvalue weighted by atomic mass is 16.5. The van der Waals surface area contributed by atoms with Crippen LogP contribution >= 0.6 is 0 Å². The second-order valence-corrected chi connectivity index (χ2v) is 7.24. The summed E-state index contributed by atoms with van der Waals surface area (Å²) >= 11 is 0. The largest absolute Gasteiger partial charge is 0.465 e. The molecule has 144 valence electrons. The van der Waals surface area contributed by atoms with Crippen molar-refractivity contribution >= 4 is 22.8 Å². The molecule has 4 rings (SSSR count). The number of aryl methyl sites for hydroxylation is 2. The second-order valence-electron chi connectivity index (χ2n) is 7.24. The number of esters is 1. The van der Waals surface area contributed by atoms with Crippen molar-refractivity contribution in [3.8, 4) is 0 Å². The van der Waals surface area contributed by atoms with Crippen molar-refractivity contribution in [1.82, 2.24) is 10.3 Å². The number of hydrogen-bond acceptors (Lipinski definition) is 3. The van der Waals surface area contributed by atoms with Crippen LogP contribution in [0.5, 0.6) is 0 Å². The van der Waals surface area contributed by atoms with E-state index in [0.717, 1.165) is 23.9 Å². The van der Waals surface area contributed by atoms with Crippen LogP contribution in [0, 0.1) is 0 Å². The molecule has 1 aliphatic carbocycles.